The number of carbonyl (C=O) groups is 1. The molecule has 0 bridgehead atoms. The van der Waals surface area contributed by atoms with Crippen molar-refractivity contribution in [1.29, 1.82) is 0 Å². The minimum Gasteiger partial charge on any atom is -0.390 e. The number of aliphatic hydroxyl groups excluding tert-OH is 1. The molecule has 198 valence electrons. The molecule has 2 aromatic rings. The summed E-state index contributed by atoms with van der Waals surface area (Å²) in [6.45, 7) is 12.2. The number of fused-ring (bicyclic) bond motifs is 1. The number of hydrogen-bond acceptors (Lipinski definition) is 5. The maximum atomic E-state index is 12.6. The third kappa shape index (κ3) is 8.89. The Bertz CT molecular complexity index is 909. The van der Waals surface area contributed by atoms with Gasteiger partial charge in [0.15, 0.2) is 0 Å². The van der Waals surface area contributed by atoms with Crippen molar-refractivity contribution in [3.05, 3.63) is 30.0 Å². The maximum absolute atomic E-state index is 12.6. The Kier molecular flexibility index (Phi) is 11.7. The fourth-order valence-electron chi connectivity index (χ4n) is 4.52. The normalized spacial score (nSPS) is 14.9. The number of nitrogens with one attached hydrogen (secondary N) is 1. The molecule has 7 heteroatoms. The van der Waals surface area contributed by atoms with Gasteiger partial charge in [-0.2, -0.15) is 5.10 Å². The van der Waals surface area contributed by atoms with E-state index in [1.165, 1.54) is 5.56 Å². The molecule has 1 heterocycles. The van der Waals surface area contributed by atoms with E-state index in [4.69, 9.17) is 10.5 Å². The Hall–Kier alpha value is -1.96. The molecule has 1 aromatic carbocycles. The molecule has 4 N–H and O–H groups in total. The number of unbranched alkanes of at least 4 members (excludes halogenated alkanes) is 1. The van der Waals surface area contributed by atoms with E-state index in [9.17, 15) is 9.90 Å². The van der Waals surface area contributed by atoms with Crippen LogP contribution in [-0.4, -0.2) is 53.2 Å². The number of carbonyl (C=O) groups excluding carboxylic acids is 1. The molecule has 0 fully saturated rings. The Labute approximate surface area is 211 Å². The molecule has 0 aliphatic carbocycles. The first-order valence-corrected chi connectivity index (χ1v) is 13.2. The number of ether oxygens (including phenoxy) is 1. The van der Waals surface area contributed by atoms with Crippen LogP contribution in [0.2, 0.25) is 0 Å². The minimum absolute atomic E-state index is 0.0197. The number of hydrogen-bond donors (Lipinski definition) is 3. The Morgan fingerprint density at radius 2 is 2.03 bits per heavy atom. The average molecular weight is 489 g/mol. The molecule has 7 nitrogen and oxygen atoms in total. The van der Waals surface area contributed by atoms with Gasteiger partial charge < -0.3 is 20.9 Å². The van der Waals surface area contributed by atoms with Crippen LogP contribution in [0.15, 0.2) is 24.4 Å². The Morgan fingerprint density at radius 1 is 1.29 bits per heavy atom. The first-order chi connectivity index (χ1) is 16.6. The molecule has 0 spiro atoms. The Morgan fingerprint density at radius 3 is 2.69 bits per heavy atom. The van der Waals surface area contributed by atoms with E-state index in [1.807, 2.05) is 24.7 Å². The zero-order valence-corrected chi connectivity index (χ0v) is 22.7. The van der Waals surface area contributed by atoms with Crippen LogP contribution in [-0.2, 0) is 22.5 Å². The quantitative estimate of drug-likeness (QED) is 0.306. The van der Waals surface area contributed by atoms with Gasteiger partial charge in [0.05, 0.1) is 17.8 Å². The van der Waals surface area contributed by atoms with Gasteiger partial charge in [0.1, 0.15) is 0 Å². The summed E-state index contributed by atoms with van der Waals surface area (Å²) in [4.78, 5) is 12.6. The zero-order chi connectivity index (χ0) is 26.0. The van der Waals surface area contributed by atoms with Gasteiger partial charge in [-0.25, -0.2) is 0 Å². The number of nitrogens with two attached hydrogens (primary N) is 1. The van der Waals surface area contributed by atoms with Crippen molar-refractivity contribution in [2.45, 2.75) is 91.8 Å². The second-order valence-corrected chi connectivity index (χ2v) is 11.0. The molecule has 3 atom stereocenters. The minimum atomic E-state index is -0.769. The van der Waals surface area contributed by atoms with Crippen molar-refractivity contribution in [2.24, 2.45) is 23.0 Å². The lowest BCUT2D eigenvalue weighted by Crippen LogP contribution is -2.47. The highest BCUT2D eigenvalue weighted by molar-refractivity contribution is 5.81. The number of amides is 1. The van der Waals surface area contributed by atoms with Gasteiger partial charge in [0.2, 0.25) is 5.91 Å². The summed E-state index contributed by atoms with van der Waals surface area (Å²) >= 11 is 0. The van der Waals surface area contributed by atoms with Crippen molar-refractivity contribution in [3.8, 4) is 0 Å². The lowest BCUT2D eigenvalue weighted by Gasteiger charge is -2.29. The second-order valence-electron chi connectivity index (χ2n) is 11.0. The van der Waals surface area contributed by atoms with E-state index in [2.05, 4.69) is 49.4 Å². The fraction of sp³-hybridized carbons (Fsp3) is 0.714. The predicted molar refractivity (Wildman–Crippen MR) is 143 cm³/mol. The highest BCUT2D eigenvalue weighted by atomic mass is 16.5. The number of aromatic nitrogens is 2. The number of nitrogens with zero attached hydrogens (tertiary/aromatic N) is 2. The first kappa shape index (κ1) is 29.3. The van der Waals surface area contributed by atoms with Crippen molar-refractivity contribution in [1.82, 2.24) is 15.1 Å². The molecule has 0 unspecified atom stereocenters. The number of methoxy groups -OCH3 is 1. The summed E-state index contributed by atoms with van der Waals surface area (Å²) in [6.07, 6.45) is 6.58. The molecule has 0 aliphatic heterocycles. The van der Waals surface area contributed by atoms with E-state index >= 15 is 0 Å². The molecule has 1 aromatic heterocycles. The third-order valence-corrected chi connectivity index (χ3v) is 7.18. The predicted octanol–water partition coefficient (Wildman–Crippen LogP) is 4.30. The highest BCUT2D eigenvalue weighted by Crippen LogP contribution is 2.26. The number of aryl methyl sites for hydroxylation is 1. The van der Waals surface area contributed by atoms with Crippen LogP contribution in [0.3, 0.4) is 0 Å². The highest BCUT2D eigenvalue weighted by Gasteiger charge is 2.28. The molecular weight excluding hydrogens is 440 g/mol. The maximum Gasteiger partial charge on any atom is 0.225 e. The molecular formula is C28H48N4O3. The zero-order valence-electron chi connectivity index (χ0n) is 22.7. The standard InChI is InChI=1S/C28H48N4O3/c1-7-8-12-28(4,5)27(34)30-19-26(33)24(29)17-22(20(2)3)15-21-10-11-25-23(16-21)18-31-32(25)13-9-14-35-6/h10-11,16,18,20,22,24,26,33H,7-9,12-15,17,19,29H2,1-6H3,(H,30,34)/t22-,24-,26+/m0/s1. The Balaban J connectivity index is 1.95. The van der Waals surface area contributed by atoms with Crippen LogP contribution < -0.4 is 11.1 Å². The van der Waals surface area contributed by atoms with Crippen LogP contribution in [0.4, 0.5) is 0 Å². The van der Waals surface area contributed by atoms with Gasteiger partial charge in [0, 0.05) is 43.6 Å². The van der Waals surface area contributed by atoms with Crippen LogP contribution in [0.5, 0.6) is 0 Å². The SMILES string of the molecule is CCCCC(C)(C)C(=O)NC[C@@H](O)[C@@H](N)C[C@H](Cc1ccc2c(cnn2CCCOC)c1)C(C)C. The molecule has 2 rings (SSSR count). The van der Waals surface area contributed by atoms with Gasteiger partial charge in [-0.05, 0) is 55.2 Å². The summed E-state index contributed by atoms with van der Waals surface area (Å²) in [7, 11) is 1.72. The lowest BCUT2D eigenvalue weighted by atomic mass is 9.83. The summed E-state index contributed by atoms with van der Waals surface area (Å²) in [5, 5.41) is 19.3. The second kappa shape index (κ2) is 14.0. The van der Waals surface area contributed by atoms with Crippen molar-refractivity contribution < 1.29 is 14.6 Å². The monoisotopic (exact) mass is 488 g/mol. The summed E-state index contributed by atoms with van der Waals surface area (Å²) in [5.41, 5.74) is 8.36. The van der Waals surface area contributed by atoms with Crippen LogP contribution in [0.25, 0.3) is 10.9 Å². The van der Waals surface area contributed by atoms with E-state index in [0.717, 1.165) is 56.2 Å². The topological polar surface area (TPSA) is 102 Å². The van der Waals surface area contributed by atoms with Gasteiger partial charge in [-0.3, -0.25) is 9.48 Å². The largest absolute Gasteiger partial charge is 0.390 e. The molecule has 0 saturated carbocycles. The summed E-state index contributed by atoms with van der Waals surface area (Å²) < 4.78 is 7.18. The first-order valence-electron chi connectivity index (χ1n) is 13.2. The van der Waals surface area contributed by atoms with Crippen molar-refractivity contribution in [2.75, 3.05) is 20.3 Å². The fourth-order valence-corrected chi connectivity index (χ4v) is 4.52. The average Bonchev–Trinajstić information content (AvgIpc) is 3.22. The smallest absolute Gasteiger partial charge is 0.225 e. The van der Waals surface area contributed by atoms with Crippen LogP contribution >= 0.6 is 0 Å². The lowest BCUT2D eigenvalue weighted by molar-refractivity contribution is -0.130. The number of aliphatic hydroxyl groups is 1. The van der Waals surface area contributed by atoms with Crippen LogP contribution in [0, 0.1) is 17.3 Å². The summed E-state index contributed by atoms with van der Waals surface area (Å²) in [5.74, 6) is 0.725. The van der Waals surface area contributed by atoms with E-state index in [1.54, 1.807) is 7.11 Å². The van der Waals surface area contributed by atoms with E-state index in [-0.39, 0.29) is 12.5 Å². The number of rotatable bonds is 16. The van der Waals surface area contributed by atoms with Gasteiger partial charge in [0.25, 0.3) is 0 Å². The van der Waals surface area contributed by atoms with Gasteiger partial charge in [-0.15, -0.1) is 0 Å². The van der Waals surface area contributed by atoms with Crippen molar-refractivity contribution in [3.63, 3.8) is 0 Å². The van der Waals surface area contributed by atoms with Crippen LogP contribution in [0.1, 0.15) is 72.3 Å². The third-order valence-electron chi connectivity index (χ3n) is 7.18. The molecule has 0 aliphatic rings. The molecule has 35 heavy (non-hydrogen) atoms. The molecule has 1 amide bonds. The van der Waals surface area contributed by atoms with E-state index < -0.39 is 17.6 Å². The number of benzene rings is 1. The van der Waals surface area contributed by atoms with Crippen molar-refractivity contribution >= 4 is 16.8 Å². The summed E-state index contributed by atoms with van der Waals surface area (Å²) in [6, 6.07) is 6.14. The molecule has 0 saturated heterocycles. The van der Waals surface area contributed by atoms with Gasteiger partial charge >= 0.3 is 0 Å². The van der Waals surface area contributed by atoms with Gasteiger partial charge in [-0.1, -0.05) is 53.5 Å². The van der Waals surface area contributed by atoms with E-state index in [0.29, 0.717) is 18.3 Å². The molecule has 0 radical (unpaired) electrons.